The van der Waals surface area contributed by atoms with Crippen LogP contribution in [0.25, 0.3) is 0 Å². The summed E-state index contributed by atoms with van der Waals surface area (Å²) < 4.78 is 39.4. The summed E-state index contributed by atoms with van der Waals surface area (Å²) in [5.41, 5.74) is 0. The standard InChI is InChI=1S/C9H14F3NO2/c1-13(7-4-2-3-5-7)8(14)15-6-9(10,11)12/h7H,2-6H2,1H3. The van der Waals surface area contributed by atoms with Crippen LogP contribution in [-0.2, 0) is 4.74 Å². The van der Waals surface area contributed by atoms with Gasteiger partial charge in [0.2, 0.25) is 0 Å². The summed E-state index contributed by atoms with van der Waals surface area (Å²) >= 11 is 0. The van der Waals surface area contributed by atoms with Crippen molar-refractivity contribution in [1.29, 1.82) is 0 Å². The molecule has 1 aliphatic carbocycles. The van der Waals surface area contributed by atoms with E-state index in [-0.39, 0.29) is 6.04 Å². The highest BCUT2D eigenvalue weighted by Crippen LogP contribution is 2.23. The van der Waals surface area contributed by atoms with Crippen LogP contribution in [0.3, 0.4) is 0 Å². The molecule has 0 atom stereocenters. The zero-order valence-electron chi connectivity index (χ0n) is 8.51. The van der Waals surface area contributed by atoms with Crippen molar-refractivity contribution in [1.82, 2.24) is 4.90 Å². The van der Waals surface area contributed by atoms with E-state index >= 15 is 0 Å². The van der Waals surface area contributed by atoms with Crippen molar-refractivity contribution in [2.45, 2.75) is 37.9 Å². The van der Waals surface area contributed by atoms with Crippen molar-refractivity contribution in [2.75, 3.05) is 13.7 Å². The van der Waals surface area contributed by atoms with Crippen molar-refractivity contribution >= 4 is 6.09 Å². The van der Waals surface area contributed by atoms with Gasteiger partial charge in [-0.3, -0.25) is 0 Å². The lowest BCUT2D eigenvalue weighted by Crippen LogP contribution is -2.37. The molecule has 1 rings (SSSR count). The summed E-state index contributed by atoms with van der Waals surface area (Å²) in [5.74, 6) is 0. The maximum atomic E-state index is 11.8. The second-order valence-electron chi connectivity index (χ2n) is 3.72. The first kappa shape index (κ1) is 12.1. The third-order valence-corrected chi connectivity index (χ3v) is 2.52. The number of carbonyl (C=O) groups excluding carboxylic acids is 1. The van der Waals surface area contributed by atoms with E-state index in [2.05, 4.69) is 4.74 Å². The second-order valence-corrected chi connectivity index (χ2v) is 3.72. The molecular formula is C9H14F3NO2. The molecule has 0 heterocycles. The summed E-state index contributed by atoms with van der Waals surface area (Å²) in [6.45, 7) is -1.51. The van der Waals surface area contributed by atoms with Gasteiger partial charge in [0.25, 0.3) is 0 Å². The Morgan fingerprint density at radius 3 is 2.40 bits per heavy atom. The number of ether oxygens (including phenoxy) is 1. The lowest BCUT2D eigenvalue weighted by atomic mass is 10.2. The molecule has 0 aromatic carbocycles. The SMILES string of the molecule is CN(C(=O)OCC(F)(F)F)C1CCCC1. The maximum Gasteiger partial charge on any atom is 0.422 e. The van der Waals surface area contributed by atoms with E-state index in [1.165, 1.54) is 11.9 Å². The van der Waals surface area contributed by atoms with Crippen molar-refractivity contribution in [3.8, 4) is 0 Å². The molecule has 0 bridgehead atoms. The normalized spacial score (nSPS) is 17.9. The van der Waals surface area contributed by atoms with Crippen LogP contribution in [0.2, 0.25) is 0 Å². The van der Waals surface area contributed by atoms with Gasteiger partial charge in [-0.05, 0) is 12.8 Å². The van der Waals surface area contributed by atoms with Crippen LogP contribution in [0.4, 0.5) is 18.0 Å². The van der Waals surface area contributed by atoms with Crippen LogP contribution < -0.4 is 0 Å². The third kappa shape index (κ3) is 3.97. The smallest absolute Gasteiger partial charge is 0.422 e. The molecule has 0 aromatic heterocycles. The third-order valence-electron chi connectivity index (χ3n) is 2.52. The monoisotopic (exact) mass is 225 g/mol. The Labute approximate surface area is 86.2 Å². The van der Waals surface area contributed by atoms with Gasteiger partial charge in [0, 0.05) is 13.1 Å². The first-order valence-corrected chi connectivity index (χ1v) is 4.86. The number of halogens is 3. The molecule has 0 aliphatic heterocycles. The van der Waals surface area contributed by atoms with E-state index in [1.54, 1.807) is 0 Å². The Hall–Kier alpha value is -0.940. The summed E-state index contributed by atoms with van der Waals surface area (Å²) in [6.07, 6.45) is -1.62. The van der Waals surface area contributed by atoms with Gasteiger partial charge < -0.3 is 9.64 Å². The number of alkyl halides is 3. The van der Waals surface area contributed by atoms with E-state index in [0.29, 0.717) is 0 Å². The number of rotatable bonds is 2. The molecule has 0 radical (unpaired) electrons. The van der Waals surface area contributed by atoms with Crippen LogP contribution >= 0.6 is 0 Å². The fraction of sp³-hybridized carbons (Fsp3) is 0.889. The molecule has 15 heavy (non-hydrogen) atoms. The fourth-order valence-electron chi connectivity index (χ4n) is 1.69. The quantitative estimate of drug-likeness (QED) is 0.722. The van der Waals surface area contributed by atoms with E-state index < -0.39 is 18.9 Å². The van der Waals surface area contributed by atoms with E-state index in [4.69, 9.17) is 0 Å². The average molecular weight is 225 g/mol. The molecular weight excluding hydrogens is 211 g/mol. The molecule has 88 valence electrons. The summed E-state index contributed by atoms with van der Waals surface area (Å²) in [4.78, 5) is 12.4. The molecule has 6 heteroatoms. The van der Waals surface area contributed by atoms with Gasteiger partial charge in [0.15, 0.2) is 6.61 Å². The predicted octanol–water partition coefficient (Wildman–Crippen LogP) is 2.56. The zero-order valence-corrected chi connectivity index (χ0v) is 8.51. The molecule has 1 saturated carbocycles. The molecule has 3 nitrogen and oxygen atoms in total. The van der Waals surface area contributed by atoms with Gasteiger partial charge in [-0.25, -0.2) is 4.79 Å². The Morgan fingerprint density at radius 2 is 1.93 bits per heavy atom. The molecule has 0 N–H and O–H groups in total. The average Bonchev–Trinajstić information content (AvgIpc) is 2.64. The van der Waals surface area contributed by atoms with Gasteiger partial charge in [-0.2, -0.15) is 13.2 Å². The Kier molecular flexibility index (Phi) is 3.82. The Balaban J connectivity index is 2.32. The van der Waals surface area contributed by atoms with Gasteiger partial charge >= 0.3 is 12.3 Å². The van der Waals surface area contributed by atoms with Crippen LogP contribution in [0.1, 0.15) is 25.7 Å². The minimum atomic E-state index is -4.45. The van der Waals surface area contributed by atoms with Crippen molar-refractivity contribution in [3.63, 3.8) is 0 Å². The summed E-state index contributed by atoms with van der Waals surface area (Å²) in [6, 6.07) is 0.0331. The number of hydrogen-bond donors (Lipinski definition) is 0. The number of carbonyl (C=O) groups is 1. The lowest BCUT2D eigenvalue weighted by Gasteiger charge is -2.23. The van der Waals surface area contributed by atoms with Crippen molar-refractivity contribution in [3.05, 3.63) is 0 Å². The zero-order chi connectivity index (χ0) is 11.5. The molecule has 1 amide bonds. The van der Waals surface area contributed by atoms with Crippen LogP contribution in [0.15, 0.2) is 0 Å². The number of amides is 1. The van der Waals surface area contributed by atoms with Gasteiger partial charge in [-0.1, -0.05) is 12.8 Å². The largest absolute Gasteiger partial charge is 0.440 e. The maximum absolute atomic E-state index is 11.8. The number of hydrogen-bond acceptors (Lipinski definition) is 2. The second kappa shape index (κ2) is 4.72. The Bertz CT molecular complexity index is 224. The molecule has 0 aromatic rings. The lowest BCUT2D eigenvalue weighted by molar-refractivity contribution is -0.162. The summed E-state index contributed by atoms with van der Waals surface area (Å²) in [5, 5.41) is 0. The molecule has 1 aliphatic rings. The van der Waals surface area contributed by atoms with E-state index in [1.807, 2.05) is 0 Å². The van der Waals surface area contributed by atoms with Gasteiger partial charge in [0.05, 0.1) is 0 Å². The minimum Gasteiger partial charge on any atom is -0.440 e. The van der Waals surface area contributed by atoms with Gasteiger partial charge in [-0.15, -0.1) is 0 Å². The molecule has 0 spiro atoms. The highest BCUT2D eigenvalue weighted by molar-refractivity contribution is 5.67. The highest BCUT2D eigenvalue weighted by Gasteiger charge is 2.31. The van der Waals surface area contributed by atoms with Crippen molar-refractivity contribution < 1.29 is 22.7 Å². The Morgan fingerprint density at radius 1 is 1.40 bits per heavy atom. The van der Waals surface area contributed by atoms with Crippen LogP contribution in [-0.4, -0.2) is 36.9 Å². The first-order chi connectivity index (χ1) is 6.90. The first-order valence-electron chi connectivity index (χ1n) is 4.86. The number of nitrogens with zero attached hydrogens (tertiary/aromatic N) is 1. The van der Waals surface area contributed by atoms with Crippen LogP contribution in [0, 0.1) is 0 Å². The molecule has 0 saturated heterocycles. The minimum absolute atomic E-state index is 0.0331. The van der Waals surface area contributed by atoms with Gasteiger partial charge in [0.1, 0.15) is 0 Å². The fourth-order valence-corrected chi connectivity index (χ4v) is 1.69. The van der Waals surface area contributed by atoms with Crippen molar-refractivity contribution in [2.24, 2.45) is 0 Å². The van der Waals surface area contributed by atoms with Crippen LogP contribution in [0.5, 0.6) is 0 Å². The van der Waals surface area contributed by atoms with E-state index in [9.17, 15) is 18.0 Å². The molecule has 0 unspecified atom stereocenters. The topological polar surface area (TPSA) is 29.5 Å². The molecule has 1 fully saturated rings. The highest BCUT2D eigenvalue weighted by atomic mass is 19.4. The van der Waals surface area contributed by atoms with E-state index in [0.717, 1.165) is 25.7 Å². The predicted molar refractivity (Wildman–Crippen MR) is 47.4 cm³/mol. The summed E-state index contributed by atoms with van der Waals surface area (Å²) in [7, 11) is 1.48.